The van der Waals surface area contributed by atoms with E-state index in [1.54, 1.807) is 0 Å². The molecule has 0 saturated heterocycles. The molecule has 4 nitrogen and oxygen atoms in total. The van der Waals surface area contributed by atoms with E-state index in [9.17, 15) is 9.59 Å². The van der Waals surface area contributed by atoms with Crippen LogP contribution in [0, 0.1) is 0 Å². The van der Waals surface area contributed by atoms with E-state index < -0.39 is 0 Å². The van der Waals surface area contributed by atoms with Gasteiger partial charge in [-0.15, -0.1) is 0 Å². The van der Waals surface area contributed by atoms with Crippen LogP contribution in [-0.4, -0.2) is 25.2 Å². The summed E-state index contributed by atoms with van der Waals surface area (Å²) >= 11 is 0. The molecule has 0 fully saturated rings. The van der Waals surface area contributed by atoms with Crippen molar-refractivity contribution in [1.82, 2.24) is 0 Å². The Balaban J connectivity index is 0. The number of carbonyl (C=O) groups excluding carboxylic acids is 2. The van der Waals surface area contributed by atoms with Crippen LogP contribution in [0.4, 0.5) is 0 Å². The van der Waals surface area contributed by atoms with Crippen LogP contribution in [0.15, 0.2) is 25.3 Å². The van der Waals surface area contributed by atoms with Crippen molar-refractivity contribution in [2.75, 3.05) is 13.2 Å². The number of rotatable bonds is 28. The molecule has 0 unspecified atom stereocenters. The first kappa shape index (κ1) is 38.6. The molecule has 0 spiro atoms. The number of unbranched alkanes of at least 4 members (excludes halogenated alkanes) is 22. The largest absolute Gasteiger partial charge is 0.463 e. The topological polar surface area (TPSA) is 52.6 Å². The summed E-state index contributed by atoms with van der Waals surface area (Å²) in [6.07, 6.45) is 34.2. The Hall–Kier alpha value is -1.58. The van der Waals surface area contributed by atoms with Crippen LogP contribution in [0.5, 0.6) is 0 Å². The highest BCUT2D eigenvalue weighted by molar-refractivity contribution is 5.81. The van der Waals surface area contributed by atoms with Gasteiger partial charge in [-0.05, 0) is 12.8 Å². The van der Waals surface area contributed by atoms with Crippen molar-refractivity contribution in [2.45, 2.75) is 168 Å². The van der Waals surface area contributed by atoms with Gasteiger partial charge in [0.1, 0.15) is 0 Å². The van der Waals surface area contributed by atoms with Crippen LogP contribution in [0.25, 0.3) is 0 Å². The molecular weight excluding hydrogens is 472 g/mol. The van der Waals surface area contributed by atoms with E-state index >= 15 is 0 Å². The second-order valence-electron chi connectivity index (χ2n) is 10.5. The molecule has 0 aliphatic heterocycles. The van der Waals surface area contributed by atoms with Crippen molar-refractivity contribution in [3.8, 4) is 0 Å². The quantitative estimate of drug-likeness (QED) is 0.0567. The van der Waals surface area contributed by atoms with Gasteiger partial charge in [-0.25, -0.2) is 9.59 Å². The number of hydrogen-bond donors (Lipinski definition) is 0. The molecule has 0 heterocycles. The van der Waals surface area contributed by atoms with Crippen molar-refractivity contribution < 1.29 is 19.1 Å². The SMILES string of the molecule is C=CC(=O)OCCCCCCCCCCCC.C=CC(=O)OCCCCCCCCCCCCCCCC. The maximum absolute atomic E-state index is 10.8. The first-order valence-corrected chi connectivity index (χ1v) is 16.2. The zero-order chi connectivity index (χ0) is 28.4. The summed E-state index contributed by atoms with van der Waals surface area (Å²) in [6, 6.07) is 0. The molecule has 0 aromatic rings. The lowest BCUT2D eigenvalue weighted by atomic mass is 10.0. The molecule has 0 atom stereocenters. The van der Waals surface area contributed by atoms with E-state index in [2.05, 4.69) is 27.0 Å². The van der Waals surface area contributed by atoms with E-state index in [-0.39, 0.29) is 11.9 Å². The summed E-state index contributed by atoms with van der Waals surface area (Å²) in [5.41, 5.74) is 0. The average molecular weight is 537 g/mol. The molecule has 0 N–H and O–H groups in total. The van der Waals surface area contributed by atoms with Gasteiger partial charge < -0.3 is 9.47 Å². The summed E-state index contributed by atoms with van der Waals surface area (Å²) in [7, 11) is 0. The monoisotopic (exact) mass is 536 g/mol. The predicted octanol–water partition coefficient (Wildman–Crippen LogP) is 10.8. The van der Waals surface area contributed by atoms with Gasteiger partial charge in [0.25, 0.3) is 0 Å². The molecule has 0 aliphatic rings. The van der Waals surface area contributed by atoms with Crippen molar-refractivity contribution in [3.63, 3.8) is 0 Å². The van der Waals surface area contributed by atoms with E-state index in [1.165, 1.54) is 153 Å². The molecule has 0 saturated carbocycles. The highest BCUT2D eigenvalue weighted by Gasteiger charge is 1.97. The van der Waals surface area contributed by atoms with Crippen LogP contribution < -0.4 is 0 Å². The van der Waals surface area contributed by atoms with Crippen molar-refractivity contribution in [1.29, 1.82) is 0 Å². The number of ether oxygens (including phenoxy) is 2. The Morgan fingerprint density at radius 2 is 0.632 bits per heavy atom. The van der Waals surface area contributed by atoms with Crippen molar-refractivity contribution >= 4 is 11.9 Å². The smallest absolute Gasteiger partial charge is 0.330 e. The second kappa shape index (κ2) is 35.4. The maximum atomic E-state index is 10.8. The third kappa shape index (κ3) is 36.6. The molecular formula is C34H64O4. The number of carbonyl (C=O) groups is 2. The molecule has 224 valence electrons. The van der Waals surface area contributed by atoms with Crippen LogP contribution in [0.1, 0.15) is 168 Å². The molecule has 0 aliphatic carbocycles. The summed E-state index contributed by atoms with van der Waals surface area (Å²) in [4.78, 5) is 21.5. The van der Waals surface area contributed by atoms with Gasteiger partial charge in [-0.3, -0.25) is 0 Å². The first-order valence-electron chi connectivity index (χ1n) is 16.2. The molecule has 0 rings (SSSR count). The molecule has 0 amide bonds. The van der Waals surface area contributed by atoms with Gasteiger partial charge in [0.15, 0.2) is 0 Å². The van der Waals surface area contributed by atoms with E-state index in [0.29, 0.717) is 13.2 Å². The fourth-order valence-corrected chi connectivity index (χ4v) is 4.35. The second-order valence-corrected chi connectivity index (χ2v) is 10.5. The van der Waals surface area contributed by atoms with Crippen LogP contribution in [-0.2, 0) is 19.1 Å². The number of hydrogen-bond acceptors (Lipinski definition) is 4. The minimum Gasteiger partial charge on any atom is -0.463 e. The van der Waals surface area contributed by atoms with Gasteiger partial charge in [0, 0.05) is 12.2 Å². The standard InChI is InChI=1S/C19H36O2.C15H28O2/c1-3-5-6-7-8-9-10-11-12-13-14-15-16-17-18-21-19(20)4-2;1-3-5-6-7-8-9-10-11-12-13-14-17-15(16)4-2/h4H,2-3,5-18H2,1H3;4H,2-3,5-14H2,1H3. The van der Waals surface area contributed by atoms with Crippen LogP contribution >= 0.6 is 0 Å². The summed E-state index contributed by atoms with van der Waals surface area (Å²) in [5, 5.41) is 0. The zero-order valence-corrected chi connectivity index (χ0v) is 25.6. The Kier molecular flexibility index (Phi) is 35.9. The molecule has 0 bridgehead atoms. The molecule has 0 aromatic heterocycles. The van der Waals surface area contributed by atoms with E-state index in [4.69, 9.17) is 9.47 Å². The lowest BCUT2D eigenvalue weighted by molar-refractivity contribution is -0.138. The van der Waals surface area contributed by atoms with Gasteiger partial charge in [-0.1, -0.05) is 168 Å². The lowest BCUT2D eigenvalue weighted by Gasteiger charge is -2.03. The lowest BCUT2D eigenvalue weighted by Crippen LogP contribution is -2.01. The Morgan fingerprint density at radius 1 is 0.421 bits per heavy atom. The maximum Gasteiger partial charge on any atom is 0.330 e. The van der Waals surface area contributed by atoms with Gasteiger partial charge in [0.2, 0.25) is 0 Å². The summed E-state index contributed by atoms with van der Waals surface area (Å²) in [6.45, 7) is 12.3. The van der Waals surface area contributed by atoms with Gasteiger partial charge >= 0.3 is 11.9 Å². The van der Waals surface area contributed by atoms with E-state index in [0.717, 1.165) is 12.8 Å². The number of esters is 2. The first-order chi connectivity index (χ1) is 18.6. The van der Waals surface area contributed by atoms with E-state index in [1.807, 2.05) is 0 Å². The average Bonchev–Trinajstić information content (AvgIpc) is 2.93. The summed E-state index contributed by atoms with van der Waals surface area (Å²) < 4.78 is 9.85. The highest BCUT2D eigenvalue weighted by Crippen LogP contribution is 2.13. The molecule has 0 aromatic carbocycles. The van der Waals surface area contributed by atoms with Crippen LogP contribution in [0.3, 0.4) is 0 Å². The third-order valence-corrected chi connectivity index (χ3v) is 6.82. The van der Waals surface area contributed by atoms with Crippen LogP contribution in [0.2, 0.25) is 0 Å². The fourth-order valence-electron chi connectivity index (χ4n) is 4.35. The minimum atomic E-state index is -0.305. The zero-order valence-electron chi connectivity index (χ0n) is 25.6. The molecule has 0 radical (unpaired) electrons. The Labute approximate surface area is 237 Å². The van der Waals surface area contributed by atoms with Crippen molar-refractivity contribution in [2.24, 2.45) is 0 Å². The van der Waals surface area contributed by atoms with Gasteiger partial charge in [-0.2, -0.15) is 0 Å². The van der Waals surface area contributed by atoms with Crippen molar-refractivity contribution in [3.05, 3.63) is 25.3 Å². The third-order valence-electron chi connectivity index (χ3n) is 6.82. The van der Waals surface area contributed by atoms with Gasteiger partial charge in [0.05, 0.1) is 13.2 Å². The predicted molar refractivity (Wildman–Crippen MR) is 164 cm³/mol. The fraction of sp³-hybridized carbons (Fsp3) is 0.824. The Bertz CT molecular complexity index is 515. The highest BCUT2D eigenvalue weighted by atomic mass is 16.5. The molecule has 38 heavy (non-hydrogen) atoms. The summed E-state index contributed by atoms with van der Waals surface area (Å²) in [5.74, 6) is -0.606. The normalized spacial score (nSPS) is 10.4. The molecule has 4 heteroatoms. The Morgan fingerprint density at radius 3 is 0.842 bits per heavy atom. The minimum absolute atomic E-state index is 0.301.